The first kappa shape index (κ1) is 16.1. The Labute approximate surface area is 143 Å². The molecule has 1 aromatic carbocycles. The summed E-state index contributed by atoms with van der Waals surface area (Å²) >= 11 is 6.02. The van der Waals surface area contributed by atoms with E-state index in [-0.39, 0.29) is 19.3 Å². The lowest BCUT2D eigenvalue weighted by Crippen LogP contribution is -2.31. The second-order valence-electron chi connectivity index (χ2n) is 5.00. The molecule has 0 radical (unpaired) electrons. The van der Waals surface area contributed by atoms with Crippen molar-refractivity contribution in [1.29, 1.82) is 0 Å². The number of anilines is 1. The van der Waals surface area contributed by atoms with Crippen molar-refractivity contribution in [2.75, 3.05) is 12.0 Å². The van der Waals surface area contributed by atoms with Gasteiger partial charge in [-0.2, -0.15) is 0 Å². The molecule has 0 unspecified atom stereocenters. The molecule has 8 heteroatoms. The number of nitrogens with one attached hydrogen (secondary N) is 1. The highest BCUT2D eigenvalue weighted by molar-refractivity contribution is 6.31. The Kier molecular flexibility index (Phi) is 4.81. The molecule has 0 saturated carbocycles. The van der Waals surface area contributed by atoms with Crippen molar-refractivity contribution < 1.29 is 13.9 Å². The van der Waals surface area contributed by atoms with Gasteiger partial charge in [0.1, 0.15) is 19.0 Å². The van der Waals surface area contributed by atoms with Crippen LogP contribution in [0.1, 0.15) is 11.5 Å². The zero-order valence-electron chi connectivity index (χ0n) is 12.9. The Morgan fingerprint density at radius 3 is 3.08 bits per heavy atom. The lowest BCUT2D eigenvalue weighted by atomic mass is 10.3. The summed E-state index contributed by atoms with van der Waals surface area (Å²) in [7, 11) is 0. The summed E-state index contributed by atoms with van der Waals surface area (Å²) in [6, 6.07) is 4.67. The van der Waals surface area contributed by atoms with E-state index in [1.165, 1.54) is 11.3 Å². The predicted molar refractivity (Wildman–Crippen MR) is 90.4 cm³/mol. The fourth-order valence-corrected chi connectivity index (χ4v) is 2.21. The number of ether oxygens (including phenoxy) is 1. The van der Waals surface area contributed by atoms with Crippen molar-refractivity contribution in [3.8, 4) is 5.75 Å². The molecular formula is C16H15ClN4O3. The summed E-state index contributed by atoms with van der Waals surface area (Å²) < 4.78 is 11.0. The molecule has 1 aliphatic heterocycles. The zero-order chi connectivity index (χ0) is 16.9. The zero-order valence-corrected chi connectivity index (χ0v) is 13.7. The lowest BCUT2D eigenvalue weighted by Gasteiger charge is -2.19. The van der Waals surface area contributed by atoms with Gasteiger partial charge in [-0.1, -0.05) is 11.6 Å². The number of amides is 2. The molecule has 24 heavy (non-hydrogen) atoms. The largest absolute Gasteiger partial charge is 0.483 e. The van der Waals surface area contributed by atoms with Gasteiger partial charge in [0.05, 0.1) is 11.4 Å². The number of oxazole rings is 1. The highest BCUT2D eigenvalue weighted by Gasteiger charge is 2.15. The number of carbonyl (C=O) groups is 1. The van der Waals surface area contributed by atoms with Gasteiger partial charge >= 0.3 is 6.03 Å². The Hall–Kier alpha value is -2.80. The standard InChI is InChI=1S/C16H15ClN4O3/c1-11-15(24-10-19-11)8-23-14-4-3-12(17)7-13(14)20-16(22)21-6-2-5-18-9-21/h2-7,10H,8-9H2,1H3,(H,20,22). The Bertz CT molecular complexity index is 800. The number of urea groups is 1. The van der Waals surface area contributed by atoms with Gasteiger partial charge in [-0.05, 0) is 31.2 Å². The number of nitrogens with zero attached hydrogens (tertiary/aromatic N) is 3. The Morgan fingerprint density at radius 1 is 1.50 bits per heavy atom. The Morgan fingerprint density at radius 2 is 2.38 bits per heavy atom. The quantitative estimate of drug-likeness (QED) is 0.917. The van der Waals surface area contributed by atoms with Crippen LogP contribution in [0.4, 0.5) is 10.5 Å². The van der Waals surface area contributed by atoms with Gasteiger partial charge in [0.15, 0.2) is 12.2 Å². The maximum Gasteiger partial charge on any atom is 0.327 e. The van der Waals surface area contributed by atoms with Crippen LogP contribution in [-0.2, 0) is 6.61 Å². The molecule has 0 saturated heterocycles. The van der Waals surface area contributed by atoms with E-state index in [1.54, 1.807) is 36.7 Å². The summed E-state index contributed by atoms with van der Waals surface area (Å²) in [5, 5.41) is 3.26. The third-order valence-corrected chi connectivity index (χ3v) is 3.57. The third-order valence-electron chi connectivity index (χ3n) is 3.34. The number of aryl methyl sites for hydroxylation is 1. The van der Waals surface area contributed by atoms with Gasteiger partial charge in [0.2, 0.25) is 0 Å². The summed E-state index contributed by atoms with van der Waals surface area (Å²) in [6.45, 7) is 2.29. The molecule has 0 bridgehead atoms. The fraction of sp³-hybridized carbons (Fsp3) is 0.188. The maximum atomic E-state index is 12.3. The molecule has 1 N–H and O–H groups in total. The van der Waals surface area contributed by atoms with Gasteiger partial charge in [-0.15, -0.1) is 0 Å². The first-order valence-electron chi connectivity index (χ1n) is 7.19. The molecule has 1 aromatic heterocycles. The van der Waals surface area contributed by atoms with E-state index in [0.29, 0.717) is 22.2 Å². The molecule has 124 valence electrons. The minimum atomic E-state index is -0.328. The number of carbonyl (C=O) groups excluding carboxylic acids is 1. The minimum absolute atomic E-state index is 0.199. The number of aliphatic imine (C=N–C) groups is 1. The van der Waals surface area contributed by atoms with E-state index >= 15 is 0 Å². The fourth-order valence-electron chi connectivity index (χ4n) is 2.04. The van der Waals surface area contributed by atoms with Crippen molar-refractivity contribution in [2.24, 2.45) is 4.99 Å². The molecule has 2 heterocycles. The highest BCUT2D eigenvalue weighted by Crippen LogP contribution is 2.29. The molecule has 0 atom stereocenters. The van der Waals surface area contributed by atoms with Crippen LogP contribution in [0.3, 0.4) is 0 Å². The maximum absolute atomic E-state index is 12.3. The van der Waals surface area contributed by atoms with E-state index < -0.39 is 0 Å². The Balaban J connectivity index is 1.73. The van der Waals surface area contributed by atoms with Crippen LogP contribution >= 0.6 is 11.6 Å². The van der Waals surface area contributed by atoms with Crippen LogP contribution in [0.25, 0.3) is 0 Å². The lowest BCUT2D eigenvalue weighted by molar-refractivity contribution is 0.229. The number of aromatic nitrogens is 1. The number of halogens is 1. The smallest absolute Gasteiger partial charge is 0.327 e. The molecule has 0 aliphatic carbocycles. The average molecular weight is 347 g/mol. The van der Waals surface area contributed by atoms with E-state index in [9.17, 15) is 4.79 Å². The summed E-state index contributed by atoms with van der Waals surface area (Å²) in [6.07, 6.45) is 6.33. The molecule has 1 aliphatic rings. The SMILES string of the molecule is Cc1ncoc1COc1ccc(Cl)cc1NC(=O)N1C=CC=NC1. The van der Waals surface area contributed by atoms with Crippen LogP contribution in [0.2, 0.25) is 5.02 Å². The third kappa shape index (κ3) is 3.75. The normalized spacial score (nSPS) is 13.2. The van der Waals surface area contributed by atoms with E-state index in [0.717, 1.165) is 5.69 Å². The number of rotatable bonds is 4. The van der Waals surface area contributed by atoms with Crippen molar-refractivity contribution in [1.82, 2.24) is 9.88 Å². The molecule has 2 amide bonds. The van der Waals surface area contributed by atoms with Gasteiger partial charge in [0, 0.05) is 17.4 Å². The van der Waals surface area contributed by atoms with Gasteiger partial charge in [-0.3, -0.25) is 9.89 Å². The number of hydrogen-bond acceptors (Lipinski definition) is 5. The molecule has 2 aromatic rings. The molecular weight excluding hydrogens is 332 g/mol. The summed E-state index contributed by atoms with van der Waals surface area (Å²) in [5.41, 5.74) is 1.22. The predicted octanol–water partition coefficient (Wildman–Crippen LogP) is 3.60. The number of hydrogen-bond donors (Lipinski definition) is 1. The van der Waals surface area contributed by atoms with Crippen molar-refractivity contribution in [2.45, 2.75) is 13.5 Å². The van der Waals surface area contributed by atoms with Crippen LogP contribution in [0, 0.1) is 6.92 Å². The van der Waals surface area contributed by atoms with Gasteiger partial charge in [0.25, 0.3) is 0 Å². The van der Waals surface area contributed by atoms with Crippen LogP contribution in [-0.4, -0.2) is 28.8 Å². The topological polar surface area (TPSA) is 80.0 Å². The first-order valence-corrected chi connectivity index (χ1v) is 7.57. The first-order chi connectivity index (χ1) is 11.6. The van der Waals surface area contributed by atoms with Gasteiger partial charge < -0.3 is 14.5 Å². The highest BCUT2D eigenvalue weighted by atomic mass is 35.5. The molecule has 0 spiro atoms. The average Bonchev–Trinajstić information content (AvgIpc) is 3.00. The monoisotopic (exact) mass is 346 g/mol. The number of allylic oxidation sites excluding steroid dienone is 1. The second-order valence-corrected chi connectivity index (χ2v) is 5.44. The summed E-state index contributed by atoms with van der Waals surface area (Å²) in [4.78, 5) is 21.7. The van der Waals surface area contributed by atoms with Gasteiger partial charge in [-0.25, -0.2) is 9.78 Å². The van der Waals surface area contributed by atoms with E-state index in [1.807, 2.05) is 6.92 Å². The van der Waals surface area contributed by atoms with Crippen molar-refractivity contribution in [3.05, 3.63) is 53.3 Å². The summed E-state index contributed by atoms with van der Waals surface area (Å²) in [5.74, 6) is 1.10. The molecule has 0 fully saturated rings. The molecule has 7 nitrogen and oxygen atoms in total. The van der Waals surface area contributed by atoms with Crippen LogP contribution in [0.15, 0.2) is 46.3 Å². The van der Waals surface area contributed by atoms with E-state index in [4.69, 9.17) is 20.8 Å². The van der Waals surface area contributed by atoms with Crippen molar-refractivity contribution >= 4 is 29.5 Å². The van der Waals surface area contributed by atoms with Crippen LogP contribution in [0.5, 0.6) is 5.75 Å². The molecule has 3 rings (SSSR count). The second kappa shape index (κ2) is 7.18. The van der Waals surface area contributed by atoms with E-state index in [2.05, 4.69) is 15.3 Å². The van der Waals surface area contributed by atoms with Crippen LogP contribution < -0.4 is 10.1 Å². The van der Waals surface area contributed by atoms with Crippen molar-refractivity contribution in [3.63, 3.8) is 0 Å². The number of benzene rings is 1. The minimum Gasteiger partial charge on any atom is -0.483 e.